The summed E-state index contributed by atoms with van der Waals surface area (Å²) in [5.74, 6) is 0.277. The normalized spacial score (nSPS) is 36.9. The highest BCUT2D eigenvalue weighted by atomic mass is 16.6. The van der Waals surface area contributed by atoms with E-state index in [0.29, 0.717) is 74.4 Å². The van der Waals surface area contributed by atoms with Gasteiger partial charge in [0.05, 0.1) is 50.7 Å². The van der Waals surface area contributed by atoms with E-state index in [1.54, 1.807) is 43.8 Å². The number of nitrogens with one attached hydrogen (secondary N) is 2. The Kier molecular flexibility index (Phi) is 9.03. The number of esters is 1. The van der Waals surface area contributed by atoms with Crippen molar-refractivity contribution in [2.24, 2.45) is 32.7 Å². The zero-order chi connectivity index (χ0) is 34.4. The van der Waals surface area contributed by atoms with Crippen molar-refractivity contribution in [3.8, 4) is 0 Å². The van der Waals surface area contributed by atoms with Crippen molar-refractivity contribution in [3.05, 3.63) is 47.5 Å². The first-order chi connectivity index (χ1) is 23.6. The lowest BCUT2D eigenvalue weighted by atomic mass is 9.44. The van der Waals surface area contributed by atoms with Crippen LogP contribution in [0, 0.1) is 22.7 Å². The highest BCUT2D eigenvalue weighted by Gasteiger charge is 2.70. The number of morpholine rings is 1. The maximum Gasteiger partial charge on any atom is 0.343 e. The molecule has 262 valence electrons. The van der Waals surface area contributed by atoms with Crippen LogP contribution in [-0.4, -0.2) is 114 Å². The van der Waals surface area contributed by atoms with E-state index in [1.165, 1.54) is 0 Å². The second-order valence-electron chi connectivity index (χ2n) is 14.5. The van der Waals surface area contributed by atoms with Crippen LogP contribution in [0.15, 0.2) is 51.9 Å². The molecule has 4 N–H and O–H groups in total. The van der Waals surface area contributed by atoms with Crippen LogP contribution in [0.3, 0.4) is 0 Å². The quantitative estimate of drug-likeness (QED) is 0.229. The SMILES string of the molecule is CC(NC1CC2[C@](C)(CC[C@@H](O)[C@@]2(C)CO)C(/C=C/C2=CC(=C\c3cnc(N4CCOCC4)nc3)/OC2=O)C12CO2)C(=O)NC1=NCC=N1. The van der Waals surface area contributed by atoms with Crippen LogP contribution in [0.4, 0.5) is 5.95 Å². The first kappa shape index (κ1) is 33.7. The topological polar surface area (TPSA) is 183 Å². The summed E-state index contributed by atoms with van der Waals surface area (Å²) in [6.07, 6.45) is 13.5. The fourth-order valence-electron chi connectivity index (χ4n) is 8.58. The van der Waals surface area contributed by atoms with Crippen LogP contribution in [-0.2, 0) is 23.8 Å². The van der Waals surface area contributed by atoms with Crippen molar-refractivity contribution in [1.29, 1.82) is 0 Å². The van der Waals surface area contributed by atoms with E-state index >= 15 is 0 Å². The van der Waals surface area contributed by atoms with Crippen LogP contribution in [0.2, 0.25) is 0 Å². The monoisotopic (exact) mass is 675 g/mol. The molecule has 2 aliphatic carbocycles. The van der Waals surface area contributed by atoms with Gasteiger partial charge in [0.1, 0.15) is 11.4 Å². The summed E-state index contributed by atoms with van der Waals surface area (Å²) in [7, 11) is 0. The van der Waals surface area contributed by atoms with Crippen molar-refractivity contribution in [2.75, 3.05) is 51.0 Å². The molecule has 6 aliphatic rings. The number of fused-ring (bicyclic) bond motifs is 1. The summed E-state index contributed by atoms with van der Waals surface area (Å²) in [5, 5.41) is 28.2. The van der Waals surface area contributed by atoms with E-state index in [1.807, 2.05) is 13.0 Å². The van der Waals surface area contributed by atoms with E-state index in [4.69, 9.17) is 14.2 Å². The van der Waals surface area contributed by atoms with Crippen LogP contribution in [0.25, 0.3) is 6.08 Å². The number of aromatic nitrogens is 2. The lowest BCUT2D eigenvalue weighted by molar-refractivity contribution is -0.174. The number of guanidine groups is 1. The van der Waals surface area contributed by atoms with Crippen LogP contribution < -0.4 is 15.5 Å². The largest absolute Gasteiger partial charge is 0.423 e. The molecule has 49 heavy (non-hydrogen) atoms. The van der Waals surface area contributed by atoms with Gasteiger partial charge >= 0.3 is 5.97 Å². The molecule has 4 fully saturated rings. The number of aliphatic hydroxyl groups is 2. The highest BCUT2D eigenvalue weighted by molar-refractivity contribution is 6.04. The maximum atomic E-state index is 13.1. The Morgan fingerprint density at radius 1 is 1.22 bits per heavy atom. The molecule has 0 bridgehead atoms. The zero-order valence-electron chi connectivity index (χ0n) is 28.2. The summed E-state index contributed by atoms with van der Waals surface area (Å²) in [5.41, 5.74) is -0.678. The number of anilines is 1. The summed E-state index contributed by atoms with van der Waals surface area (Å²) < 4.78 is 17.3. The Balaban J connectivity index is 1.14. The van der Waals surface area contributed by atoms with Crippen molar-refractivity contribution >= 4 is 36.1 Å². The van der Waals surface area contributed by atoms with Gasteiger partial charge in [-0.25, -0.2) is 24.7 Å². The molecular formula is C35H45N7O7. The second-order valence-corrected chi connectivity index (χ2v) is 14.5. The van der Waals surface area contributed by atoms with E-state index in [9.17, 15) is 19.8 Å². The number of hydrogen-bond acceptors (Lipinski definition) is 13. The predicted octanol–water partition coefficient (Wildman–Crippen LogP) is 1.16. The maximum absolute atomic E-state index is 13.1. The number of nitrogens with zero attached hydrogens (tertiary/aromatic N) is 5. The smallest absolute Gasteiger partial charge is 0.343 e. The van der Waals surface area contributed by atoms with E-state index < -0.39 is 29.1 Å². The molecule has 0 aromatic carbocycles. The first-order valence-electron chi connectivity index (χ1n) is 17.1. The molecule has 14 nitrogen and oxygen atoms in total. The summed E-state index contributed by atoms with van der Waals surface area (Å²) in [4.78, 5) is 45.5. The predicted molar refractivity (Wildman–Crippen MR) is 180 cm³/mol. The van der Waals surface area contributed by atoms with Gasteiger partial charge in [-0.3, -0.25) is 10.1 Å². The molecule has 2 saturated heterocycles. The number of carbonyl (C=O) groups is 2. The van der Waals surface area contributed by atoms with Gasteiger partial charge in [0.15, 0.2) is 0 Å². The van der Waals surface area contributed by atoms with Gasteiger partial charge in [0.25, 0.3) is 0 Å². The molecule has 1 aromatic rings. The molecule has 5 heterocycles. The van der Waals surface area contributed by atoms with Gasteiger partial charge in [-0.2, -0.15) is 0 Å². The van der Waals surface area contributed by atoms with E-state index in [2.05, 4.69) is 42.4 Å². The van der Waals surface area contributed by atoms with E-state index in [0.717, 1.165) is 13.1 Å². The minimum absolute atomic E-state index is 0.116. The summed E-state index contributed by atoms with van der Waals surface area (Å²) in [6, 6.07) is -0.869. The van der Waals surface area contributed by atoms with Gasteiger partial charge in [0.2, 0.25) is 17.8 Å². The second kappa shape index (κ2) is 13.1. The van der Waals surface area contributed by atoms with Gasteiger partial charge in [-0.1, -0.05) is 26.0 Å². The number of carbonyl (C=O) groups excluding carboxylic acids is 2. The Hall–Kier alpha value is -3.82. The number of rotatable bonds is 8. The number of allylic oxidation sites excluding steroid dienone is 1. The Morgan fingerprint density at radius 3 is 2.65 bits per heavy atom. The van der Waals surface area contributed by atoms with E-state index in [-0.39, 0.29) is 35.8 Å². The molecule has 1 amide bonds. The van der Waals surface area contributed by atoms with Crippen LogP contribution >= 0.6 is 0 Å². The molecular weight excluding hydrogens is 630 g/mol. The van der Waals surface area contributed by atoms with Crippen molar-refractivity contribution in [3.63, 3.8) is 0 Å². The third-order valence-corrected chi connectivity index (χ3v) is 11.5. The Morgan fingerprint density at radius 2 is 1.98 bits per heavy atom. The summed E-state index contributed by atoms with van der Waals surface area (Å²) >= 11 is 0. The van der Waals surface area contributed by atoms with Crippen molar-refractivity contribution < 1.29 is 34.0 Å². The van der Waals surface area contributed by atoms with Crippen LogP contribution in [0.5, 0.6) is 0 Å². The average molecular weight is 676 g/mol. The lowest BCUT2D eigenvalue weighted by Gasteiger charge is -2.62. The number of aliphatic hydroxyl groups excluding tert-OH is 2. The molecule has 8 atom stereocenters. The minimum Gasteiger partial charge on any atom is -0.423 e. The number of aliphatic imine (C=N–C) groups is 2. The molecule has 14 heteroatoms. The molecule has 4 aliphatic heterocycles. The lowest BCUT2D eigenvalue weighted by Crippen LogP contribution is -2.67. The standard InChI is InChI=1S/C35H45N7O7/c1-21(29(45)41-31-36-8-9-37-31)40-27-16-26-33(2,7-6-28(44)34(26,3)19-43)25(35(27)20-48-35)5-4-23-15-24(49-30(23)46)14-22-17-38-32(39-18-22)42-10-12-47-13-11-42/h4-5,8,14-15,17-18,21,25-28,40,43-44H,6-7,9-13,16,19-20H2,1-3H3,(H,37,41,45)/b5-4+,24-14+/t21?,25?,26?,27?,28-,33-,34+,35?/m1/s1. The van der Waals surface area contributed by atoms with Crippen molar-refractivity contribution in [1.82, 2.24) is 20.6 Å². The van der Waals surface area contributed by atoms with Crippen LogP contribution in [0.1, 0.15) is 45.6 Å². The molecule has 2 saturated carbocycles. The molecule has 5 unspecified atom stereocenters. The fourth-order valence-corrected chi connectivity index (χ4v) is 8.58. The van der Waals surface area contributed by atoms with Gasteiger partial charge in [-0.15, -0.1) is 0 Å². The zero-order valence-corrected chi connectivity index (χ0v) is 28.2. The number of ether oxygens (including phenoxy) is 3. The Labute approximate surface area is 285 Å². The number of hydrogen-bond donors (Lipinski definition) is 4. The molecule has 7 rings (SSSR count). The van der Waals surface area contributed by atoms with Gasteiger partial charge < -0.3 is 34.6 Å². The number of amides is 1. The number of cyclic esters (lactones) is 1. The fraction of sp³-hybridized carbons (Fsp3) is 0.600. The molecule has 1 spiro atoms. The van der Waals surface area contributed by atoms with Gasteiger partial charge in [0, 0.05) is 54.6 Å². The molecule has 1 aromatic heterocycles. The Bertz CT molecular complexity index is 1610. The van der Waals surface area contributed by atoms with Gasteiger partial charge in [-0.05, 0) is 49.7 Å². The number of epoxide rings is 1. The third-order valence-electron chi connectivity index (χ3n) is 11.5. The van der Waals surface area contributed by atoms with Crippen molar-refractivity contribution in [2.45, 2.75) is 63.8 Å². The minimum atomic E-state index is -0.769. The first-order valence-corrected chi connectivity index (χ1v) is 17.1. The highest BCUT2D eigenvalue weighted by Crippen LogP contribution is 2.65. The molecule has 0 radical (unpaired) electrons. The average Bonchev–Trinajstić information content (AvgIpc) is 3.56. The third kappa shape index (κ3) is 6.25. The summed E-state index contributed by atoms with van der Waals surface area (Å²) in [6.45, 7) is 9.42.